The van der Waals surface area contributed by atoms with E-state index in [1.54, 1.807) is 38.2 Å². The summed E-state index contributed by atoms with van der Waals surface area (Å²) in [5.74, 6) is 2.19. The van der Waals surface area contributed by atoms with Crippen LogP contribution in [0.2, 0.25) is 0 Å². The Hall–Kier alpha value is -3.35. The molecule has 0 aliphatic carbocycles. The van der Waals surface area contributed by atoms with Gasteiger partial charge in [0.15, 0.2) is 0 Å². The first-order chi connectivity index (χ1) is 13.5. The number of hydrogen-bond acceptors (Lipinski definition) is 6. The van der Waals surface area contributed by atoms with Gasteiger partial charge in [0.25, 0.3) is 5.56 Å². The summed E-state index contributed by atoms with van der Waals surface area (Å²) in [6, 6.07) is 10.9. The maximum Gasteiger partial charge on any atom is 0.255 e. The molecule has 0 bridgehead atoms. The summed E-state index contributed by atoms with van der Waals surface area (Å²) in [7, 11) is 6.94. The fourth-order valence-corrected chi connectivity index (χ4v) is 3.00. The molecule has 0 N–H and O–H groups in total. The molecule has 0 aliphatic rings. The molecule has 2 heterocycles. The smallest absolute Gasteiger partial charge is 0.255 e. The molecule has 3 aromatic rings. The Kier molecular flexibility index (Phi) is 5.93. The molecule has 0 radical (unpaired) electrons. The van der Waals surface area contributed by atoms with Crippen molar-refractivity contribution in [3.05, 3.63) is 64.7 Å². The largest absolute Gasteiger partial charge is 0.497 e. The summed E-state index contributed by atoms with van der Waals surface area (Å²) in [6.07, 6.45) is 4.09. The van der Waals surface area contributed by atoms with Crippen LogP contribution < -0.4 is 19.9 Å². The van der Waals surface area contributed by atoms with Crippen molar-refractivity contribution in [3.63, 3.8) is 0 Å². The number of likely N-dealkylation sites (N-methyl/N-ethyl adjacent to an activating group) is 1. The van der Waals surface area contributed by atoms with Gasteiger partial charge in [0, 0.05) is 44.7 Å². The van der Waals surface area contributed by atoms with Gasteiger partial charge < -0.3 is 14.4 Å². The van der Waals surface area contributed by atoms with Crippen LogP contribution in [0.5, 0.6) is 11.5 Å². The summed E-state index contributed by atoms with van der Waals surface area (Å²) in [5.41, 5.74) is 2.41. The fraction of sp³-hybridized carbons (Fsp3) is 0.286. The molecule has 0 aliphatic heterocycles. The van der Waals surface area contributed by atoms with E-state index in [-0.39, 0.29) is 5.56 Å². The number of pyridine rings is 1. The molecule has 28 heavy (non-hydrogen) atoms. The van der Waals surface area contributed by atoms with Crippen LogP contribution in [0.25, 0.3) is 11.3 Å². The first-order valence-corrected chi connectivity index (χ1v) is 8.94. The van der Waals surface area contributed by atoms with E-state index in [1.807, 2.05) is 42.3 Å². The highest BCUT2D eigenvalue weighted by Crippen LogP contribution is 2.25. The zero-order valence-electron chi connectivity index (χ0n) is 16.5. The quantitative estimate of drug-likeness (QED) is 0.627. The molecule has 7 heteroatoms. The normalized spacial score (nSPS) is 10.6. The average molecular weight is 380 g/mol. The van der Waals surface area contributed by atoms with Gasteiger partial charge in [-0.2, -0.15) is 0 Å². The molecule has 0 fully saturated rings. The minimum Gasteiger partial charge on any atom is -0.497 e. The Morgan fingerprint density at radius 1 is 1.07 bits per heavy atom. The molecule has 0 amide bonds. The number of anilines is 1. The van der Waals surface area contributed by atoms with Crippen molar-refractivity contribution in [1.82, 2.24) is 14.5 Å². The van der Waals surface area contributed by atoms with Crippen molar-refractivity contribution in [2.45, 2.75) is 6.42 Å². The summed E-state index contributed by atoms with van der Waals surface area (Å²) in [4.78, 5) is 23.1. The van der Waals surface area contributed by atoms with Crippen LogP contribution in [0.15, 0.2) is 53.6 Å². The van der Waals surface area contributed by atoms with Crippen LogP contribution in [0.1, 0.15) is 5.56 Å². The standard InChI is InChI=1S/C21H24N4O3/c1-24(12-9-16-13-17(27-3)5-6-19(16)28-4)21-23-18(14-20(26)25(21)2)15-7-10-22-11-8-15/h5-8,10-11,13-14H,9,12H2,1-4H3. The predicted molar refractivity (Wildman–Crippen MR) is 109 cm³/mol. The van der Waals surface area contributed by atoms with Crippen LogP contribution in [0.4, 0.5) is 5.95 Å². The SMILES string of the molecule is COc1ccc(OC)c(CCN(C)c2nc(-c3ccncc3)cc(=O)n2C)c1. The molecule has 0 unspecified atom stereocenters. The van der Waals surface area contributed by atoms with E-state index < -0.39 is 0 Å². The summed E-state index contributed by atoms with van der Waals surface area (Å²) in [6.45, 7) is 0.656. The molecule has 0 spiro atoms. The van der Waals surface area contributed by atoms with Crippen molar-refractivity contribution in [2.75, 3.05) is 32.7 Å². The Bertz CT molecular complexity index is 1000. The van der Waals surface area contributed by atoms with Gasteiger partial charge in [-0.1, -0.05) is 0 Å². The fourth-order valence-electron chi connectivity index (χ4n) is 3.00. The molecule has 0 saturated heterocycles. The van der Waals surface area contributed by atoms with E-state index in [1.165, 1.54) is 6.07 Å². The molecule has 0 atom stereocenters. The first kappa shape index (κ1) is 19.4. The number of rotatable bonds is 7. The van der Waals surface area contributed by atoms with Crippen molar-refractivity contribution in [3.8, 4) is 22.8 Å². The van der Waals surface area contributed by atoms with E-state index >= 15 is 0 Å². The molecule has 0 saturated carbocycles. The number of ether oxygens (including phenoxy) is 2. The van der Waals surface area contributed by atoms with Crippen LogP contribution >= 0.6 is 0 Å². The number of nitrogens with zero attached hydrogens (tertiary/aromatic N) is 4. The van der Waals surface area contributed by atoms with Crippen molar-refractivity contribution in [1.29, 1.82) is 0 Å². The van der Waals surface area contributed by atoms with Crippen molar-refractivity contribution >= 4 is 5.95 Å². The molecule has 1 aromatic carbocycles. The van der Waals surface area contributed by atoms with Crippen LogP contribution in [-0.2, 0) is 13.5 Å². The van der Waals surface area contributed by atoms with E-state index in [2.05, 4.69) is 4.98 Å². The minimum absolute atomic E-state index is 0.109. The van der Waals surface area contributed by atoms with Crippen LogP contribution in [0.3, 0.4) is 0 Å². The third-order valence-electron chi connectivity index (χ3n) is 4.63. The lowest BCUT2D eigenvalue weighted by atomic mass is 10.1. The lowest BCUT2D eigenvalue weighted by Crippen LogP contribution is -2.30. The van der Waals surface area contributed by atoms with E-state index in [0.29, 0.717) is 24.6 Å². The van der Waals surface area contributed by atoms with Gasteiger partial charge in [0.2, 0.25) is 5.95 Å². The van der Waals surface area contributed by atoms with E-state index in [4.69, 9.17) is 14.5 Å². The maximum absolute atomic E-state index is 12.4. The Balaban J connectivity index is 1.86. The number of benzene rings is 1. The monoisotopic (exact) mass is 380 g/mol. The van der Waals surface area contributed by atoms with Crippen LogP contribution in [0, 0.1) is 0 Å². The third kappa shape index (κ3) is 4.14. The Morgan fingerprint density at radius 3 is 2.50 bits per heavy atom. The van der Waals surface area contributed by atoms with Gasteiger partial charge in [-0.3, -0.25) is 14.3 Å². The van der Waals surface area contributed by atoms with Gasteiger partial charge in [-0.25, -0.2) is 4.98 Å². The number of methoxy groups -OCH3 is 2. The van der Waals surface area contributed by atoms with Gasteiger partial charge >= 0.3 is 0 Å². The van der Waals surface area contributed by atoms with Crippen molar-refractivity contribution in [2.24, 2.45) is 7.05 Å². The van der Waals surface area contributed by atoms with Crippen LogP contribution in [-0.4, -0.2) is 42.3 Å². The highest BCUT2D eigenvalue weighted by Gasteiger charge is 2.13. The number of hydrogen-bond donors (Lipinski definition) is 0. The lowest BCUT2D eigenvalue weighted by Gasteiger charge is -2.22. The maximum atomic E-state index is 12.4. The second-order valence-electron chi connectivity index (χ2n) is 6.42. The Morgan fingerprint density at radius 2 is 1.82 bits per heavy atom. The van der Waals surface area contributed by atoms with Gasteiger partial charge in [0.1, 0.15) is 11.5 Å². The van der Waals surface area contributed by atoms with Crippen molar-refractivity contribution < 1.29 is 9.47 Å². The summed E-state index contributed by atoms with van der Waals surface area (Å²) < 4.78 is 12.3. The molecular formula is C21H24N4O3. The van der Waals surface area contributed by atoms with Gasteiger partial charge in [-0.15, -0.1) is 0 Å². The zero-order valence-corrected chi connectivity index (χ0v) is 16.5. The number of aromatic nitrogens is 3. The minimum atomic E-state index is -0.109. The lowest BCUT2D eigenvalue weighted by molar-refractivity contribution is 0.398. The predicted octanol–water partition coefficient (Wildman–Crippen LogP) is 2.54. The van der Waals surface area contributed by atoms with Gasteiger partial charge in [0.05, 0.1) is 19.9 Å². The molecule has 2 aromatic heterocycles. The van der Waals surface area contributed by atoms with E-state index in [9.17, 15) is 4.79 Å². The highest BCUT2D eigenvalue weighted by atomic mass is 16.5. The topological polar surface area (TPSA) is 69.5 Å². The summed E-state index contributed by atoms with van der Waals surface area (Å²) >= 11 is 0. The van der Waals surface area contributed by atoms with E-state index in [0.717, 1.165) is 22.6 Å². The second kappa shape index (κ2) is 8.56. The first-order valence-electron chi connectivity index (χ1n) is 8.94. The molecule has 7 nitrogen and oxygen atoms in total. The zero-order chi connectivity index (χ0) is 20.1. The molecule has 3 rings (SSSR count). The summed E-state index contributed by atoms with van der Waals surface area (Å²) in [5, 5.41) is 0. The second-order valence-corrected chi connectivity index (χ2v) is 6.42. The average Bonchev–Trinajstić information content (AvgIpc) is 2.74. The third-order valence-corrected chi connectivity index (χ3v) is 4.63. The molecular weight excluding hydrogens is 356 g/mol. The Labute approximate surface area is 164 Å². The highest BCUT2D eigenvalue weighted by molar-refractivity contribution is 5.59. The van der Waals surface area contributed by atoms with Gasteiger partial charge in [-0.05, 0) is 42.3 Å². The molecule has 146 valence electrons.